The van der Waals surface area contributed by atoms with Crippen molar-refractivity contribution in [1.82, 2.24) is 5.32 Å². The zero-order valence-electron chi connectivity index (χ0n) is 22.6. The zero-order valence-corrected chi connectivity index (χ0v) is 22.6. The fraction of sp³-hybridized carbons (Fsp3) is 0.967. The number of hydrogen-bond donors (Lipinski definition) is 2. The van der Waals surface area contributed by atoms with Gasteiger partial charge in [-0.25, -0.2) is 0 Å². The molecule has 6 fully saturated rings. The fourth-order valence-electron chi connectivity index (χ4n) is 12.0. The van der Waals surface area contributed by atoms with E-state index in [4.69, 9.17) is 4.74 Å². The lowest BCUT2D eigenvalue weighted by Gasteiger charge is -2.63. The van der Waals surface area contributed by atoms with E-state index in [1.807, 2.05) is 0 Å². The predicted octanol–water partition coefficient (Wildman–Crippen LogP) is 5.72. The highest BCUT2D eigenvalue weighted by molar-refractivity contribution is 5.72. The van der Waals surface area contributed by atoms with E-state index in [1.54, 1.807) is 6.92 Å². The van der Waals surface area contributed by atoms with E-state index >= 15 is 0 Å². The third-order valence-electron chi connectivity index (χ3n) is 13.6. The van der Waals surface area contributed by atoms with Gasteiger partial charge in [-0.3, -0.25) is 4.79 Å². The number of hydrogen-bond acceptors (Lipinski definition) is 3. The molecule has 1 heterocycles. The van der Waals surface area contributed by atoms with Gasteiger partial charge in [-0.1, -0.05) is 34.6 Å². The Morgan fingerprint density at radius 1 is 1.00 bits per heavy atom. The van der Waals surface area contributed by atoms with Gasteiger partial charge in [0.25, 0.3) is 0 Å². The van der Waals surface area contributed by atoms with E-state index in [0.29, 0.717) is 45.5 Å². The summed E-state index contributed by atoms with van der Waals surface area (Å²) in [6.45, 7) is 14.9. The van der Waals surface area contributed by atoms with Crippen LogP contribution in [-0.2, 0) is 9.53 Å². The zero-order chi connectivity index (χ0) is 24.3. The van der Waals surface area contributed by atoms with Crippen LogP contribution in [-0.4, -0.2) is 35.9 Å². The van der Waals surface area contributed by atoms with E-state index in [-0.39, 0.29) is 23.5 Å². The van der Waals surface area contributed by atoms with Crippen molar-refractivity contribution in [3.8, 4) is 0 Å². The second-order valence-electron chi connectivity index (χ2n) is 14.9. The fourth-order valence-corrected chi connectivity index (χ4v) is 12.0. The highest BCUT2D eigenvalue weighted by Gasteiger charge is 2.83. The predicted molar refractivity (Wildman–Crippen MR) is 134 cm³/mol. The number of carbonyl (C=O) groups is 1. The lowest BCUT2D eigenvalue weighted by atomic mass is 9.41. The molecule has 192 valence electrons. The summed E-state index contributed by atoms with van der Waals surface area (Å²) >= 11 is 0. The van der Waals surface area contributed by atoms with Crippen LogP contribution in [0.2, 0.25) is 0 Å². The highest BCUT2D eigenvalue weighted by Crippen LogP contribution is 2.89. The Morgan fingerprint density at radius 3 is 2.44 bits per heavy atom. The molecule has 0 aromatic carbocycles. The summed E-state index contributed by atoms with van der Waals surface area (Å²) in [4.78, 5) is 11.3. The molecule has 2 N–H and O–H groups in total. The average molecular weight is 472 g/mol. The number of aliphatic hydroxyl groups excluding tert-OH is 1. The molecule has 0 bridgehead atoms. The SMILES string of the molecule is CC(=O)NCCC1C[C@@H](C)C2C(C[C@@]3(C)[C@@H]4CCC5C(C)(C)[C@@H](O)CC[C@@]56C[C@@]46CC[C@]23C)O1. The first kappa shape index (κ1) is 23.8. The Hall–Kier alpha value is -0.610. The number of fused-ring (bicyclic) bond motifs is 4. The lowest BCUT2D eigenvalue weighted by molar-refractivity contribution is -0.166. The van der Waals surface area contributed by atoms with Crippen LogP contribution in [0, 0.1) is 50.7 Å². The number of ether oxygens (including phenoxy) is 1. The standard InChI is InChI=1S/C30H49NO3/c1-18-15-20(10-14-31-19(2)32)34-21-16-28(6)23-8-7-22-26(3,4)24(33)9-11-29(22)17-30(23,29)13-12-27(28,5)25(18)21/h18,20-25,33H,7-17H2,1-6H3,(H,31,32)/t18-,20?,21?,22?,23+,24+,25?,27-,28+,29-,30+/m1/s1. The average Bonchev–Trinajstić information content (AvgIpc) is 3.35. The Morgan fingerprint density at radius 2 is 1.71 bits per heavy atom. The minimum atomic E-state index is -0.125. The van der Waals surface area contributed by atoms with Gasteiger partial charge in [-0.05, 0) is 115 Å². The molecule has 4 heteroatoms. The maximum Gasteiger partial charge on any atom is 0.216 e. The van der Waals surface area contributed by atoms with Crippen LogP contribution < -0.4 is 5.32 Å². The second-order valence-corrected chi connectivity index (χ2v) is 14.9. The van der Waals surface area contributed by atoms with Crippen molar-refractivity contribution in [3.05, 3.63) is 0 Å². The molecule has 0 aromatic rings. The normalized spacial score (nSPS) is 56.9. The summed E-state index contributed by atoms with van der Waals surface area (Å²) in [6, 6.07) is 0. The quantitative estimate of drug-likeness (QED) is 0.554. The van der Waals surface area contributed by atoms with Crippen molar-refractivity contribution < 1.29 is 14.6 Å². The molecule has 0 aromatic heterocycles. The second kappa shape index (κ2) is 7.24. The maximum absolute atomic E-state index is 11.3. The molecule has 34 heavy (non-hydrogen) atoms. The molecule has 4 nitrogen and oxygen atoms in total. The van der Waals surface area contributed by atoms with Crippen molar-refractivity contribution in [2.24, 2.45) is 50.7 Å². The van der Waals surface area contributed by atoms with Gasteiger partial charge in [0.2, 0.25) is 5.91 Å². The van der Waals surface area contributed by atoms with Gasteiger partial charge >= 0.3 is 0 Å². The van der Waals surface area contributed by atoms with Crippen molar-refractivity contribution in [2.75, 3.05) is 6.54 Å². The Labute approximate surface area is 207 Å². The molecule has 0 radical (unpaired) electrons. The minimum absolute atomic E-state index is 0.0614. The van der Waals surface area contributed by atoms with E-state index in [1.165, 1.54) is 44.9 Å². The summed E-state index contributed by atoms with van der Waals surface area (Å²) < 4.78 is 6.88. The number of nitrogens with one attached hydrogen (secondary N) is 1. The maximum atomic E-state index is 11.3. The number of aliphatic hydroxyl groups is 1. The Bertz CT molecular complexity index is 871. The molecule has 5 saturated carbocycles. The molecule has 1 saturated heterocycles. The van der Waals surface area contributed by atoms with Crippen LogP contribution >= 0.6 is 0 Å². The first-order chi connectivity index (χ1) is 15.9. The third kappa shape index (κ3) is 2.77. The van der Waals surface area contributed by atoms with Gasteiger partial charge in [0, 0.05) is 13.5 Å². The number of carbonyl (C=O) groups excluding carboxylic acids is 1. The molecule has 2 spiro atoms. The van der Waals surface area contributed by atoms with Crippen LogP contribution in [0.5, 0.6) is 0 Å². The van der Waals surface area contributed by atoms with Crippen molar-refractivity contribution in [2.45, 2.75) is 124 Å². The lowest BCUT2D eigenvalue weighted by Crippen LogP contribution is -2.57. The molecule has 11 atom stereocenters. The Balaban J connectivity index is 1.27. The van der Waals surface area contributed by atoms with Crippen LogP contribution in [0.1, 0.15) is 106 Å². The largest absolute Gasteiger partial charge is 0.393 e. The number of amides is 1. The summed E-state index contributed by atoms with van der Waals surface area (Å²) in [5.74, 6) is 2.94. The van der Waals surface area contributed by atoms with Crippen LogP contribution in [0.4, 0.5) is 0 Å². The summed E-state index contributed by atoms with van der Waals surface area (Å²) in [6.07, 6.45) is 13.0. The molecule has 6 rings (SSSR count). The van der Waals surface area contributed by atoms with E-state index in [9.17, 15) is 9.90 Å². The molecule has 5 aliphatic carbocycles. The van der Waals surface area contributed by atoms with Gasteiger partial charge in [0.05, 0.1) is 18.3 Å². The topological polar surface area (TPSA) is 58.6 Å². The monoisotopic (exact) mass is 471 g/mol. The van der Waals surface area contributed by atoms with Crippen LogP contribution in [0.3, 0.4) is 0 Å². The minimum Gasteiger partial charge on any atom is -0.393 e. The van der Waals surface area contributed by atoms with Crippen LogP contribution in [0.15, 0.2) is 0 Å². The van der Waals surface area contributed by atoms with Gasteiger partial charge < -0.3 is 15.2 Å². The van der Waals surface area contributed by atoms with E-state index in [2.05, 4.69) is 39.9 Å². The Kier molecular flexibility index (Phi) is 5.06. The highest BCUT2D eigenvalue weighted by atomic mass is 16.5. The van der Waals surface area contributed by atoms with Crippen molar-refractivity contribution in [3.63, 3.8) is 0 Å². The van der Waals surface area contributed by atoms with Gasteiger partial charge in [0.15, 0.2) is 0 Å². The first-order valence-electron chi connectivity index (χ1n) is 14.5. The van der Waals surface area contributed by atoms with Gasteiger partial charge in [0.1, 0.15) is 0 Å². The molecule has 6 aliphatic rings. The van der Waals surface area contributed by atoms with Crippen LogP contribution in [0.25, 0.3) is 0 Å². The molecular weight excluding hydrogens is 422 g/mol. The van der Waals surface area contributed by atoms with Gasteiger partial charge in [-0.2, -0.15) is 0 Å². The smallest absolute Gasteiger partial charge is 0.216 e. The molecule has 1 amide bonds. The van der Waals surface area contributed by atoms with Crippen molar-refractivity contribution >= 4 is 5.91 Å². The summed E-state index contributed by atoms with van der Waals surface area (Å²) in [5, 5.41) is 13.9. The first-order valence-corrected chi connectivity index (χ1v) is 14.5. The summed E-state index contributed by atoms with van der Waals surface area (Å²) in [7, 11) is 0. The number of rotatable bonds is 3. The van der Waals surface area contributed by atoms with E-state index in [0.717, 1.165) is 31.7 Å². The van der Waals surface area contributed by atoms with Crippen molar-refractivity contribution in [1.29, 1.82) is 0 Å². The summed E-state index contributed by atoms with van der Waals surface area (Å²) in [5.41, 5.74) is 1.83. The molecule has 1 aliphatic heterocycles. The van der Waals surface area contributed by atoms with Gasteiger partial charge in [-0.15, -0.1) is 0 Å². The third-order valence-corrected chi connectivity index (χ3v) is 13.6. The van der Waals surface area contributed by atoms with E-state index < -0.39 is 0 Å². The molecular formula is C30H49NO3. The molecule has 4 unspecified atom stereocenters.